The summed E-state index contributed by atoms with van der Waals surface area (Å²) >= 11 is 0. The minimum atomic E-state index is -1.14. The van der Waals surface area contributed by atoms with E-state index in [-0.39, 0.29) is 40.6 Å². The van der Waals surface area contributed by atoms with Crippen LogP contribution in [0.5, 0.6) is 0 Å². The molecule has 0 fully saturated rings. The summed E-state index contributed by atoms with van der Waals surface area (Å²) in [4.78, 5) is 21.3. The van der Waals surface area contributed by atoms with Crippen molar-refractivity contribution in [2.45, 2.75) is 96.8 Å². The van der Waals surface area contributed by atoms with Gasteiger partial charge in [0.1, 0.15) is 0 Å². The Morgan fingerprint density at radius 1 is 0.760 bits per heavy atom. The van der Waals surface area contributed by atoms with Gasteiger partial charge in [-0.15, -0.1) is 0 Å². The van der Waals surface area contributed by atoms with E-state index in [1.807, 2.05) is 0 Å². The number of hydrogen-bond donors (Lipinski definition) is 1. The molecule has 5 heteroatoms. The molecule has 0 spiro atoms. The van der Waals surface area contributed by atoms with Crippen LogP contribution in [0.1, 0.15) is 99.7 Å². The number of carbonyl (C=O) groups is 2. The van der Waals surface area contributed by atoms with Crippen molar-refractivity contribution in [2.75, 3.05) is 6.61 Å². The van der Waals surface area contributed by atoms with Crippen LogP contribution in [0, 0.1) is 0 Å². The average molecular weight is 383 g/mol. The molecule has 0 rings (SSSR count). The van der Waals surface area contributed by atoms with Crippen LogP contribution in [0.4, 0.5) is 0 Å². The monoisotopic (exact) mass is 382 g/mol. The van der Waals surface area contributed by atoms with Gasteiger partial charge in [0.2, 0.25) is 0 Å². The van der Waals surface area contributed by atoms with E-state index in [1.54, 1.807) is 0 Å². The first-order chi connectivity index (χ1) is 11.7. The van der Waals surface area contributed by atoms with Crippen molar-refractivity contribution in [3.8, 4) is 0 Å². The van der Waals surface area contributed by atoms with Crippen molar-refractivity contribution in [1.29, 1.82) is 0 Å². The largest absolute Gasteiger partial charge is 2.00 e. The molecule has 0 saturated carbocycles. The first-order valence-corrected chi connectivity index (χ1v) is 9.74. The van der Waals surface area contributed by atoms with Crippen LogP contribution in [-0.2, 0) is 14.3 Å². The molecule has 0 saturated heterocycles. The molecule has 0 bridgehead atoms. The fourth-order valence-electron chi connectivity index (χ4n) is 2.66. The van der Waals surface area contributed by atoms with E-state index in [2.05, 4.69) is 6.92 Å². The maximum Gasteiger partial charge on any atom is 2.00 e. The van der Waals surface area contributed by atoms with Crippen LogP contribution in [0.25, 0.3) is 0 Å². The molecule has 25 heavy (non-hydrogen) atoms. The Morgan fingerprint density at radius 2 is 1.16 bits per heavy atom. The summed E-state index contributed by atoms with van der Waals surface area (Å²) < 4.78 is 4.91. The minimum absolute atomic E-state index is 0. The van der Waals surface area contributed by atoms with Gasteiger partial charge in [-0.05, 0) is 6.42 Å². The van der Waals surface area contributed by atoms with Gasteiger partial charge in [0.25, 0.3) is 0 Å². The molecule has 0 amide bonds. The van der Waals surface area contributed by atoms with Crippen LogP contribution < -0.4 is 0 Å². The molecule has 0 aliphatic heterocycles. The topological polar surface area (TPSA) is 63.6 Å². The summed E-state index contributed by atoms with van der Waals surface area (Å²) in [6, 6.07) is 0. The smallest absolute Gasteiger partial charge is 1.00 e. The Balaban J connectivity index is -0.000000882. The zero-order chi connectivity index (χ0) is 17.9. The molecule has 144 valence electrons. The zero-order valence-electron chi connectivity index (χ0n) is 18.1. The number of ether oxygens (including phenoxy) is 1. The molecule has 0 heterocycles. The Hall–Kier alpha value is -0.0603. The standard InChI is InChI=1S/C20H36O4.Ca.2H/c1-2-3-4-5-6-7-8-9-10-11-12-13-14-15-18-24-20(23)17-16-19(21)22;;;/h16-17H,2-15,18H2,1H3,(H,21,22);;;/q;+2;2*-1/b17-16+;;;. The first kappa shape index (κ1) is 27.2. The summed E-state index contributed by atoms with van der Waals surface area (Å²) in [7, 11) is 0. The fraction of sp³-hybridized carbons (Fsp3) is 0.800. The minimum Gasteiger partial charge on any atom is -1.00 e. The van der Waals surface area contributed by atoms with Crippen LogP contribution in [0.15, 0.2) is 12.2 Å². The quantitative estimate of drug-likeness (QED) is 0.156. The van der Waals surface area contributed by atoms with Gasteiger partial charge in [0.15, 0.2) is 0 Å². The molecule has 0 unspecified atom stereocenters. The first-order valence-electron chi connectivity index (χ1n) is 9.74. The molecule has 0 atom stereocenters. The Morgan fingerprint density at radius 3 is 1.56 bits per heavy atom. The SMILES string of the molecule is CCCCCCCCCCCCCCCCOC(=O)/C=C/C(=O)O.[Ca+2].[H-].[H-]. The van der Waals surface area contributed by atoms with Crippen LogP contribution in [0.3, 0.4) is 0 Å². The van der Waals surface area contributed by atoms with Crippen molar-refractivity contribution in [1.82, 2.24) is 0 Å². The molecule has 4 nitrogen and oxygen atoms in total. The average Bonchev–Trinajstić information content (AvgIpc) is 2.56. The third-order valence-electron chi connectivity index (χ3n) is 4.10. The van der Waals surface area contributed by atoms with Crippen LogP contribution in [0.2, 0.25) is 0 Å². The summed E-state index contributed by atoms with van der Waals surface area (Å²) in [6.07, 6.45) is 19.8. The van der Waals surface area contributed by atoms with Crippen molar-refractivity contribution in [2.24, 2.45) is 0 Å². The Labute approximate surface area is 186 Å². The second-order valence-corrected chi connectivity index (χ2v) is 6.44. The van der Waals surface area contributed by atoms with E-state index in [0.29, 0.717) is 6.61 Å². The number of unbranched alkanes of at least 4 members (excludes halogenated alkanes) is 13. The zero-order valence-corrected chi connectivity index (χ0v) is 18.3. The summed E-state index contributed by atoms with van der Waals surface area (Å²) in [6.45, 7) is 2.63. The van der Waals surface area contributed by atoms with Crippen molar-refractivity contribution < 1.29 is 22.3 Å². The molecule has 0 radical (unpaired) electrons. The molecule has 0 aromatic heterocycles. The predicted molar refractivity (Wildman–Crippen MR) is 106 cm³/mol. The van der Waals surface area contributed by atoms with E-state index < -0.39 is 11.9 Å². The van der Waals surface area contributed by atoms with Crippen molar-refractivity contribution in [3.05, 3.63) is 12.2 Å². The second-order valence-electron chi connectivity index (χ2n) is 6.44. The Kier molecular flexibility index (Phi) is 23.9. The van der Waals surface area contributed by atoms with E-state index in [1.165, 1.54) is 77.0 Å². The Bertz CT molecular complexity index is 353. The summed E-state index contributed by atoms with van der Waals surface area (Å²) in [5.74, 6) is -1.71. The molecule has 0 aromatic rings. The molecular weight excluding hydrogens is 344 g/mol. The van der Waals surface area contributed by atoms with Gasteiger partial charge in [-0.2, -0.15) is 0 Å². The van der Waals surface area contributed by atoms with Crippen LogP contribution in [-0.4, -0.2) is 61.4 Å². The van der Waals surface area contributed by atoms with Gasteiger partial charge in [-0.3, -0.25) is 0 Å². The van der Waals surface area contributed by atoms with E-state index in [9.17, 15) is 9.59 Å². The van der Waals surface area contributed by atoms with Crippen LogP contribution >= 0.6 is 0 Å². The van der Waals surface area contributed by atoms with E-state index in [4.69, 9.17) is 9.84 Å². The molecule has 0 aliphatic carbocycles. The molecular formula is C20H38CaO4. The molecule has 0 aromatic carbocycles. The van der Waals surface area contributed by atoms with E-state index >= 15 is 0 Å². The number of carboxylic acid groups (broad SMARTS) is 1. The summed E-state index contributed by atoms with van der Waals surface area (Å²) in [5.41, 5.74) is 0. The molecule has 1 N–H and O–H groups in total. The number of rotatable bonds is 17. The number of aliphatic carboxylic acids is 1. The number of esters is 1. The van der Waals surface area contributed by atoms with Crippen molar-refractivity contribution in [3.63, 3.8) is 0 Å². The normalized spacial score (nSPS) is 10.6. The van der Waals surface area contributed by atoms with Crippen molar-refractivity contribution >= 4 is 49.7 Å². The maximum absolute atomic E-state index is 11.1. The second kappa shape index (κ2) is 22.0. The molecule has 0 aliphatic rings. The van der Waals surface area contributed by atoms with Gasteiger partial charge in [0, 0.05) is 12.2 Å². The van der Waals surface area contributed by atoms with Gasteiger partial charge in [-0.25, -0.2) is 9.59 Å². The number of carboxylic acids is 1. The van der Waals surface area contributed by atoms with Gasteiger partial charge >= 0.3 is 49.7 Å². The summed E-state index contributed by atoms with van der Waals surface area (Å²) in [5, 5.41) is 8.37. The predicted octanol–water partition coefficient (Wildman–Crippen LogP) is 5.50. The van der Waals surface area contributed by atoms with E-state index in [0.717, 1.165) is 25.0 Å². The van der Waals surface area contributed by atoms with Gasteiger partial charge in [-0.1, -0.05) is 90.4 Å². The number of carbonyl (C=O) groups excluding carboxylic acids is 1. The van der Waals surface area contributed by atoms with Gasteiger partial charge in [0.05, 0.1) is 6.61 Å². The number of hydrogen-bond acceptors (Lipinski definition) is 3. The third-order valence-corrected chi connectivity index (χ3v) is 4.10. The third kappa shape index (κ3) is 23.9. The maximum atomic E-state index is 11.1. The fourth-order valence-corrected chi connectivity index (χ4v) is 2.66. The van der Waals surface area contributed by atoms with Gasteiger partial charge < -0.3 is 12.7 Å².